The van der Waals surface area contributed by atoms with Crippen molar-refractivity contribution in [3.63, 3.8) is 0 Å². The largest absolute Gasteiger partial charge is 0.208 e. The second kappa shape index (κ2) is 6.64. The molecule has 94 valence electrons. The number of halogens is 1. The maximum absolute atomic E-state index is 3.46. The molecular formula is C15H19BrN2+2. The van der Waals surface area contributed by atoms with Gasteiger partial charge in [-0.25, -0.2) is 9.13 Å². The van der Waals surface area contributed by atoms with E-state index in [0.29, 0.717) is 0 Å². The van der Waals surface area contributed by atoms with E-state index in [-0.39, 0.29) is 0 Å². The van der Waals surface area contributed by atoms with Crippen molar-refractivity contribution in [1.82, 2.24) is 0 Å². The van der Waals surface area contributed by atoms with Crippen molar-refractivity contribution < 1.29 is 9.13 Å². The van der Waals surface area contributed by atoms with Crippen LogP contribution in [0.2, 0.25) is 0 Å². The van der Waals surface area contributed by atoms with Crippen LogP contribution in [0.5, 0.6) is 0 Å². The van der Waals surface area contributed by atoms with Crippen LogP contribution in [0, 0.1) is 0 Å². The molecule has 0 N–H and O–H groups in total. The van der Waals surface area contributed by atoms with E-state index in [1.54, 1.807) is 0 Å². The fraction of sp³-hybridized carbons (Fsp3) is 0.333. The minimum absolute atomic E-state index is 1.09. The molecule has 0 aromatic carbocycles. The van der Waals surface area contributed by atoms with Gasteiger partial charge in [0.2, 0.25) is 0 Å². The fourth-order valence-electron chi connectivity index (χ4n) is 1.88. The normalized spacial score (nSPS) is 10.6. The third kappa shape index (κ3) is 3.64. The van der Waals surface area contributed by atoms with E-state index in [0.717, 1.165) is 11.9 Å². The summed E-state index contributed by atoms with van der Waals surface area (Å²) in [5.41, 5.74) is 2.54. The first kappa shape index (κ1) is 13.2. The van der Waals surface area contributed by atoms with Crippen molar-refractivity contribution in [1.29, 1.82) is 0 Å². The van der Waals surface area contributed by atoms with Gasteiger partial charge in [0.1, 0.15) is 13.6 Å². The Morgan fingerprint density at radius 2 is 1.44 bits per heavy atom. The Bertz CT molecular complexity index is 477. The highest BCUT2D eigenvalue weighted by Crippen LogP contribution is 2.15. The lowest BCUT2D eigenvalue weighted by atomic mass is 10.1. The van der Waals surface area contributed by atoms with Crippen LogP contribution in [0.15, 0.2) is 49.1 Å². The molecule has 18 heavy (non-hydrogen) atoms. The number of aromatic nitrogens is 2. The summed E-state index contributed by atoms with van der Waals surface area (Å²) in [7, 11) is 2.03. The van der Waals surface area contributed by atoms with E-state index in [1.165, 1.54) is 24.0 Å². The van der Waals surface area contributed by atoms with Crippen molar-refractivity contribution in [2.45, 2.75) is 19.4 Å². The lowest BCUT2D eigenvalue weighted by Gasteiger charge is -2.00. The number of hydrogen-bond acceptors (Lipinski definition) is 0. The van der Waals surface area contributed by atoms with Crippen LogP contribution in [0.4, 0.5) is 0 Å². The van der Waals surface area contributed by atoms with E-state index in [2.05, 4.69) is 69.5 Å². The summed E-state index contributed by atoms with van der Waals surface area (Å²) in [4.78, 5) is 0. The number of unbranched alkanes of at least 4 members (excludes halogenated alkanes) is 1. The van der Waals surface area contributed by atoms with Gasteiger partial charge in [0.25, 0.3) is 0 Å². The molecule has 0 aliphatic rings. The molecule has 2 rings (SSSR count). The zero-order chi connectivity index (χ0) is 12.8. The predicted octanol–water partition coefficient (Wildman–Crippen LogP) is 2.64. The Morgan fingerprint density at radius 1 is 0.889 bits per heavy atom. The standard InChI is InChI=1S/C15H19BrN2/c1-17-10-4-14(5-11-17)15-6-12-18(13-7-15)9-3-2-8-16/h4-7,10-13H,2-3,8-9H2,1H3/q+2. The molecule has 2 heterocycles. The molecule has 0 atom stereocenters. The van der Waals surface area contributed by atoms with Crippen molar-refractivity contribution in [2.75, 3.05) is 5.33 Å². The van der Waals surface area contributed by atoms with Gasteiger partial charge >= 0.3 is 0 Å². The molecule has 2 nitrogen and oxygen atoms in total. The molecule has 0 radical (unpaired) electrons. The molecule has 2 aromatic heterocycles. The van der Waals surface area contributed by atoms with Crippen molar-refractivity contribution in [2.24, 2.45) is 7.05 Å². The van der Waals surface area contributed by atoms with Crippen LogP contribution in [0.25, 0.3) is 11.1 Å². The third-order valence-electron chi connectivity index (χ3n) is 3.00. The van der Waals surface area contributed by atoms with Gasteiger partial charge in [-0.05, 0) is 17.5 Å². The van der Waals surface area contributed by atoms with E-state index in [1.807, 2.05) is 11.6 Å². The second-order valence-corrected chi connectivity index (χ2v) is 5.27. The highest BCUT2D eigenvalue weighted by atomic mass is 79.9. The van der Waals surface area contributed by atoms with Gasteiger partial charge in [0, 0.05) is 36.0 Å². The predicted molar refractivity (Wildman–Crippen MR) is 76.3 cm³/mol. The number of hydrogen-bond donors (Lipinski definition) is 0. The van der Waals surface area contributed by atoms with Gasteiger partial charge in [-0.1, -0.05) is 15.9 Å². The summed E-state index contributed by atoms with van der Waals surface area (Å²) in [5.74, 6) is 0. The van der Waals surface area contributed by atoms with E-state index in [9.17, 15) is 0 Å². The summed E-state index contributed by atoms with van der Waals surface area (Å²) < 4.78 is 4.29. The number of nitrogens with zero attached hydrogens (tertiary/aromatic N) is 2. The summed E-state index contributed by atoms with van der Waals surface area (Å²) in [6, 6.07) is 8.65. The summed E-state index contributed by atoms with van der Waals surface area (Å²) in [6.45, 7) is 1.09. The first-order valence-corrected chi connectivity index (χ1v) is 7.42. The SMILES string of the molecule is C[n+]1ccc(-c2cc[n+](CCCCBr)cc2)cc1. The maximum atomic E-state index is 3.46. The molecule has 0 fully saturated rings. The highest BCUT2D eigenvalue weighted by molar-refractivity contribution is 9.09. The summed E-state index contributed by atoms with van der Waals surface area (Å²) in [6.07, 6.45) is 10.9. The van der Waals surface area contributed by atoms with Crippen LogP contribution in [0.1, 0.15) is 12.8 Å². The van der Waals surface area contributed by atoms with Crippen LogP contribution in [-0.2, 0) is 13.6 Å². The van der Waals surface area contributed by atoms with Crippen molar-refractivity contribution in [3.8, 4) is 11.1 Å². The Morgan fingerprint density at radius 3 is 2.00 bits per heavy atom. The monoisotopic (exact) mass is 306 g/mol. The van der Waals surface area contributed by atoms with Gasteiger partial charge in [0.15, 0.2) is 24.8 Å². The second-order valence-electron chi connectivity index (χ2n) is 4.47. The Labute approximate surface area is 117 Å². The molecule has 0 saturated heterocycles. The van der Waals surface area contributed by atoms with Gasteiger partial charge in [-0.3, -0.25) is 0 Å². The number of pyridine rings is 2. The fourth-order valence-corrected chi connectivity index (χ4v) is 2.28. The smallest absolute Gasteiger partial charge is 0.169 e. The molecule has 0 unspecified atom stereocenters. The summed E-state index contributed by atoms with van der Waals surface area (Å²) in [5, 5.41) is 1.09. The Balaban J connectivity index is 2.05. The minimum Gasteiger partial charge on any atom is -0.208 e. The first-order chi connectivity index (χ1) is 8.79. The minimum atomic E-state index is 1.09. The van der Waals surface area contributed by atoms with Gasteiger partial charge in [-0.2, -0.15) is 0 Å². The first-order valence-electron chi connectivity index (χ1n) is 6.30. The van der Waals surface area contributed by atoms with E-state index in [4.69, 9.17) is 0 Å². The summed E-state index contributed by atoms with van der Waals surface area (Å²) >= 11 is 3.46. The molecule has 0 aliphatic carbocycles. The molecule has 0 saturated carbocycles. The highest BCUT2D eigenvalue weighted by Gasteiger charge is 2.03. The topological polar surface area (TPSA) is 7.76 Å². The molecule has 0 bridgehead atoms. The van der Waals surface area contributed by atoms with Crippen LogP contribution in [-0.4, -0.2) is 5.33 Å². The van der Waals surface area contributed by atoms with E-state index < -0.39 is 0 Å². The lowest BCUT2D eigenvalue weighted by Crippen LogP contribution is -2.32. The molecule has 0 amide bonds. The maximum Gasteiger partial charge on any atom is 0.169 e. The molecule has 3 heteroatoms. The van der Waals surface area contributed by atoms with Gasteiger partial charge in [-0.15, -0.1) is 0 Å². The van der Waals surface area contributed by atoms with Crippen LogP contribution >= 0.6 is 15.9 Å². The molecular weight excluding hydrogens is 288 g/mol. The van der Waals surface area contributed by atoms with Crippen molar-refractivity contribution in [3.05, 3.63) is 49.1 Å². The molecule has 0 spiro atoms. The number of aryl methyl sites for hydroxylation is 2. The Hall–Kier alpha value is -1.22. The average Bonchev–Trinajstić information content (AvgIpc) is 2.41. The Kier molecular flexibility index (Phi) is 4.88. The lowest BCUT2D eigenvalue weighted by molar-refractivity contribution is -0.697. The molecule has 0 aliphatic heterocycles. The number of alkyl halides is 1. The van der Waals surface area contributed by atoms with Gasteiger partial charge < -0.3 is 0 Å². The van der Waals surface area contributed by atoms with Crippen LogP contribution in [0.3, 0.4) is 0 Å². The van der Waals surface area contributed by atoms with E-state index >= 15 is 0 Å². The molecule has 2 aromatic rings. The average molecular weight is 307 g/mol. The quantitative estimate of drug-likeness (QED) is 0.456. The zero-order valence-electron chi connectivity index (χ0n) is 10.7. The van der Waals surface area contributed by atoms with Gasteiger partial charge in [0.05, 0.1) is 0 Å². The van der Waals surface area contributed by atoms with Crippen molar-refractivity contribution >= 4 is 15.9 Å². The van der Waals surface area contributed by atoms with Crippen LogP contribution < -0.4 is 9.13 Å². The third-order valence-corrected chi connectivity index (χ3v) is 3.56. The number of rotatable bonds is 5. The zero-order valence-corrected chi connectivity index (χ0v) is 12.3.